The van der Waals surface area contributed by atoms with Gasteiger partial charge in [-0.25, -0.2) is 12.7 Å². The van der Waals surface area contributed by atoms with Crippen molar-refractivity contribution in [1.82, 2.24) is 9.62 Å². The maximum absolute atomic E-state index is 12.3. The summed E-state index contributed by atoms with van der Waals surface area (Å²) >= 11 is 5.94. The van der Waals surface area contributed by atoms with Crippen LogP contribution < -0.4 is 5.32 Å². The minimum atomic E-state index is -3.23. The molecule has 0 spiro atoms. The topological polar surface area (TPSA) is 66.5 Å². The lowest BCUT2D eigenvalue weighted by atomic mass is 9.99. The van der Waals surface area contributed by atoms with Crippen LogP contribution in [0.2, 0.25) is 5.02 Å². The van der Waals surface area contributed by atoms with E-state index in [2.05, 4.69) is 5.32 Å². The molecule has 0 saturated carbocycles. The largest absolute Gasteiger partial charge is 0.355 e. The molecule has 134 valence electrons. The Bertz CT molecular complexity index is 664. The van der Waals surface area contributed by atoms with Gasteiger partial charge in [-0.2, -0.15) is 0 Å². The molecule has 5 nitrogen and oxygen atoms in total. The van der Waals surface area contributed by atoms with E-state index in [0.29, 0.717) is 37.5 Å². The Morgan fingerprint density at radius 1 is 1.42 bits per heavy atom. The highest BCUT2D eigenvalue weighted by Crippen LogP contribution is 2.20. The summed E-state index contributed by atoms with van der Waals surface area (Å²) in [5.41, 5.74) is 1.07. The summed E-state index contributed by atoms with van der Waals surface area (Å²) < 4.78 is 25.8. The second kappa shape index (κ2) is 8.83. The molecular weight excluding hydrogens is 348 g/mol. The standard InChI is InChI=1S/C17H25ClN2O3S/c1-2-11-24(22,23)20-10-4-6-15(13-20)17(21)19-9-8-14-5-3-7-16(18)12-14/h3,5,7,12,15H,2,4,6,8-11,13H2,1H3,(H,19,21)/t15-/m1/s1. The number of carbonyl (C=O) groups is 1. The van der Waals surface area contributed by atoms with Gasteiger partial charge in [0.2, 0.25) is 15.9 Å². The normalized spacial score (nSPS) is 19.2. The van der Waals surface area contributed by atoms with Crippen LogP contribution in [0.5, 0.6) is 0 Å². The number of nitrogens with one attached hydrogen (secondary N) is 1. The molecule has 0 bridgehead atoms. The van der Waals surface area contributed by atoms with Gasteiger partial charge in [-0.3, -0.25) is 4.79 Å². The smallest absolute Gasteiger partial charge is 0.224 e. The fourth-order valence-corrected chi connectivity index (χ4v) is 4.76. The van der Waals surface area contributed by atoms with E-state index in [1.807, 2.05) is 31.2 Å². The van der Waals surface area contributed by atoms with Crippen LogP contribution in [-0.4, -0.2) is 44.0 Å². The minimum absolute atomic E-state index is 0.0616. The average Bonchev–Trinajstić information content (AvgIpc) is 2.55. The predicted molar refractivity (Wildman–Crippen MR) is 96.5 cm³/mol. The summed E-state index contributed by atoms with van der Waals surface area (Å²) in [6.07, 6.45) is 2.77. The average molecular weight is 373 g/mol. The Labute approximate surface area is 149 Å². The maximum atomic E-state index is 12.3. The summed E-state index contributed by atoms with van der Waals surface area (Å²) in [6.45, 7) is 3.19. The van der Waals surface area contributed by atoms with Gasteiger partial charge in [0.1, 0.15) is 0 Å². The molecule has 1 N–H and O–H groups in total. The van der Waals surface area contributed by atoms with Crippen molar-refractivity contribution in [2.75, 3.05) is 25.4 Å². The van der Waals surface area contributed by atoms with Gasteiger partial charge in [-0.15, -0.1) is 0 Å². The second-order valence-corrected chi connectivity index (χ2v) is 8.71. The van der Waals surface area contributed by atoms with Gasteiger partial charge < -0.3 is 5.32 Å². The van der Waals surface area contributed by atoms with Crippen molar-refractivity contribution in [3.8, 4) is 0 Å². The highest BCUT2D eigenvalue weighted by molar-refractivity contribution is 7.89. The molecule has 1 aromatic rings. The Balaban J connectivity index is 1.83. The van der Waals surface area contributed by atoms with Crippen LogP contribution in [0.3, 0.4) is 0 Å². The first-order chi connectivity index (χ1) is 11.4. The third-order valence-electron chi connectivity index (χ3n) is 4.21. The molecule has 0 aliphatic carbocycles. The number of hydrogen-bond donors (Lipinski definition) is 1. The van der Waals surface area contributed by atoms with E-state index in [0.717, 1.165) is 18.4 Å². The van der Waals surface area contributed by atoms with Gasteiger partial charge in [0, 0.05) is 24.7 Å². The first-order valence-electron chi connectivity index (χ1n) is 8.42. The van der Waals surface area contributed by atoms with Crippen LogP contribution in [0.1, 0.15) is 31.7 Å². The number of rotatable bonds is 7. The van der Waals surface area contributed by atoms with E-state index < -0.39 is 10.0 Å². The van der Waals surface area contributed by atoms with Gasteiger partial charge in [-0.05, 0) is 43.4 Å². The fraction of sp³-hybridized carbons (Fsp3) is 0.588. The van der Waals surface area contributed by atoms with E-state index in [-0.39, 0.29) is 17.6 Å². The number of nitrogens with zero attached hydrogens (tertiary/aromatic N) is 1. The fourth-order valence-electron chi connectivity index (χ4n) is 2.96. The third-order valence-corrected chi connectivity index (χ3v) is 6.49. The van der Waals surface area contributed by atoms with Crippen molar-refractivity contribution in [2.45, 2.75) is 32.6 Å². The molecule has 1 atom stereocenters. The quantitative estimate of drug-likeness (QED) is 0.799. The summed E-state index contributed by atoms with van der Waals surface area (Å²) in [5, 5.41) is 3.60. The van der Waals surface area contributed by atoms with E-state index >= 15 is 0 Å². The molecule has 1 amide bonds. The second-order valence-electron chi connectivity index (χ2n) is 6.18. The zero-order chi connectivity index (χ0) is 17.6. The lowest BCUT2D eigenvalue weighted by Gasteiger charge is -2.31. The van der Waals surface area contributed by atoms with E-state index in [1.165, 1.54) is 4.31 Å². The molecule has 2 rings (SSSR count). The molecule has 24 heavy (non-hydrogen) atoms. The molecule has 0 aromatic heterocycles. The number of sulfonamides is 1. The Morgan fingerprint density at radius 3 is 2.92 bits per heavy atom. The molecular formula is C17H25ClN2O3S. The van der Waals surface area contributed by atoms with Gasteiger partial charge in [0.15, 0.2) is 0 Å². The molecule has 1 saturated heterocycles. The zero-order valence-electron chi connectivity index (χ0n) is 14.0. The van der Waals surface area contributed by atoms with Gasteiger partial charge >= 0.3 is 0 Å². The molecule has 1 fully saturated rings. The molecule has 0 radical (unpaired) electrons. The Kier molecular flexibility index (Phi) is 7.07. The van der Waals surface area contributed by atoms with Gasteiger partial charge in [0.25, 0.3) is 0 Å². The van der Waals surface area contributed by atoms with Crippen molar-refractivity contribution < 1.29 is 13.2 Å². The number of hydrogen-bond acceptors (Lipinski definition) is 3. The van der Waals surface area contributed by atoms with Crippen LogP contribution in [0.25, 0.3) is 0 Å². The van der Waals surface area contributed by atoms with Gasteiger partial charge in [-0.1, -0.05) is 30.7 Å². The summed E-state index contributed by atoms with van der Waals surface area (Å²) in [4.78, 5) is 12.3. The Morgan fingerprint density at radius 2 is 2.21 bits per heavy atom. The maximum Gasteiger partial charge on any atom is 0.224 e. The summed E-state index contributed by atoms with van der Waals surface area (Å²) in [6, 6.07) is 7.55. The number of benzene rings is 1. The van der Waals surface area contributed by atoms with Crippen LogP contribution in [-0.2, 0) is 21.2 Å². The van der Waals surface area contributed by atoms with Gasteiger partial charge in [0.05, 0.1) is 11.7 Å². The van der Waals surface area contributed by atoms with Crippen LogP contribution >= 0.6 is 11.6 Å². The Hall–Kier alpha value is -1.11. The zero-order valence-corrected chi connectivity index (χ0v) is 15.6. The number of amides is 1. The van der Waals surface area contributed by atoms with Crippen molar-refractivity contribution in [3.05, 3.63) is 34.9 Å². The first kappa shape index (κ1) is 19.2. The van der Waals surface area contributed by atoms with Crippen molar-refractivity contribution in [2.24, 2.45) is 5.92 Å². The number of piperidine rings is 1. The lowest BCUT2D eigenvalue weighted by Crippen LogP contribution is -2.46. The van der Waals surface area contributed by atoms with E-state index in [9.17, 15) is 13.2 Å². The molecule has 1 heterocycles. The third kappa shape index (κ3) is 5.46. The minimum Gasteiger partial charge on any atom is -0.355 e. The molecule has 7 heteroatoms. The highest BCUT2D eigenvalue weighted by Gasteiger charge is 2.31. The molecule has 1 aliphatic rings. The molecule has 0 unspecified atom stereocenters. The summed E-state index contributed by atoms with van der Waals surface area (Å²) in [5.74, 6) is -0.172. The monoisotopic (exact) mass is 372 g/mol. The molecule has 1 aliphatic heterocycles. The molecule has 1 aromatic carbocycles. The van der Waals surface area contributed by atoms with Crippen LogP contribution in [0.15, 0.2) is 24.3 Å². The van der Waals surface area contributed by atoms with Crippen molar-refractivity contribution in [1.29, 1.82) is 0 Å². The number of carbonyl (C=O) groups excluding carboxylic acids is 1. The predicted octanol–water partition coefficient (Wildman–Crippen LogP) is 2.45. The SMILES string of the molecule is CCCS(=O)(=O)N1CCC[C@@H](C(=O)NCCc2cccc(Cl)c2)C1. The van der Waals surface area contributed by atoms with E-state index in [1.54, 1.807) is 0 Å². The van der Waals surface area contributed by atoms with Crippen molar-refractivity contribution in [3.63, 3.8) is 0 Å². The van der Waals surface area contributed by atoms with Crippen molar-refractivity contribution >= 4 is 27.5 Å². The lowest BCUT2D eigenvalue weighted by molar-refractivity contribution is -0.126. The first-order valence-corrected chi connectivity index (χ1v) is 10.4. The van der Waals surface area contributed by atoms with E-state index in [4.69, 9.17) is 11.6 Å². The highest BCUT2D eigenvalue weighted by atomic mass is 35.5. The van der Waals surface area contributed by atoms with Crippen LogP contribution in [0, 0.1) is 5.92 Å². The number of halogens is 1. The summed E-state index contributed by atoms with van der Waals surface area (Å²) in [7, 11) is -3.23. The van der Waals surface area contributed by atoms with Crippen LogP contribution in [0.4, 0.5) is 0 Å².